The second-order valence-electron chi connectivity index (χ2n) is 6.19. The van der Waals surface area contributed by atoms with Crippen molar-refractivity contribution in [3.05, 3.63) is 57.0 Å². The number of ether oxygens (including phenoxy) is 2. The van der Waals surface area contributed by atoms with Crippen LogP contribution in [0.1, 0.15) is 12.5 Å². The molecule has 0 radical (unpaired) electrons. The Kier molecular flexibility index (Phi) is 7.00. The number of imide groups is 2. The zero-order valence-corrected chi connectivity index (χ0v) is 18.6. The number of urea groups is 1. The van der Waals surface area contributed by atoms with Gasteiger partial charge in [0.1, 0.15) is 12.2 Å². The van der Waals surface area contributed by atoms with Gasteiger partial charge in [-0.05, 0) is 70.9 Å². The molecule has 0 spiro atoms. The summed E-state index contributed by atoms with van der Waals surface area (Å²) >= 11 is 9.27. The summed E-state index contributed by atoms with van der Waals surface area (Å²) in [6, 6.07) is 8.50. The standard InChI is InChI=1S/C22H16BrClN2O5/c1-3-9-31-19-17(23)11-13(12-18(19)30-4-2)10-16-20(27)25-22(29)26(21(16)28)15-7-5-14(24)6-8-15/h1,5-8,10-12H,4,9H2,2H3,(H,25,27,29)/b16-10+. The van der Waals surface area contributed by atoms with Gasteiger partial charge in [0, 0.05) is 5.02 Å². The first-order valence-corrected chi connectivity index (χ1v) is 10.2. The van der Waals surface area contributed by atoms with Gasteiger partial charge in [0.15, 0.2) is 11.5 Å². The third kappa shape index (κ3) is 4.90. The normalized spacial score (nSPS) is 15.0. The van der Waals surface area contributed by atoms with Crippen molar-refractivity contribution < 1.29 is 23.9 Å². The molecule has 0 aromatic heterocycles. The molecule has 158 valence electrons. The smallest absolute Gasteiger partial charge is 0.335 e. The van der Waals surface area contributed by atoms with Crippen LogP contribution in [-0.2, 0) is 9.59 Å². The number of amides is 4. The Morgan fingerprint density at radius 2 is 1.90 bits per heavy atom. The molecule has 1 fully saturated rings. The van der Waals surface area contributed by atoms with E-state index in [1.54, 1.807) is 19.1 Å². The molecule has 0 atom stereocenters. The molecule has 4 amide bonds. The number of benzene rings is 2. The Morgan fingerprint density at radius 1 is 1.19 bits per heavy atom. The highest BCUT2D eigenvalue weighted by Crippen LogP contribution is 2.37. The van der Waals surface area contributed by atoms with Crippen molar-refractivity contribution in [2.24, 2.45) is 0 Å². The minimum atomic E-state index is -0.844. The van der Waals surface area contributed by atoms with Crippen LogP contribution >= 0.6 is 27.5 Å². The fourth-order valence-electron chi connectivity index (χ4n) is 2.84. The van der Waals surface area contributed by atoms with E-state index in [9.17, 15) is 14.4 Å². The zero-order chi connectivity index (χ0) is 22.5. The Hall–Kier alpha value is -3.28. The molecule has 2 aromatic rings. The molecule has 1 heterocycles. The van der Waals surface area contributed by atoms with E-state index >= 15 is 0 Å². The average Bonchev–Trinajstić information content (AvgIpc) is 2.72. The zero-order valence-electron chi connectivity index (χ0n) is 16.3. The number of rotatable bonds is 6. The van der Waals surface area contributed by atoms with Gasteiger partial charge < -0.3 is 9.47 Å². The van der Waals surface area contributed by atoms with Crippen LogP contribution in [0.5, 0.6) is 11.5 Å². The largest absolute Gasteiger partial charge is 0.490 e. The van der Waals surface area contributed by atoms with E-state index in [0.717, 1.165) is 4.90 Å². The van der Waals surface area contributed by atoms with Crippen molar-refractivity contribution >= 4 is 57.1 Å². The fraction of sp³-hybridized carbons (Fsp3) is 0.136. The van der Waals surface area contributed by atoms with Crippen LogP contribution in [-0.4, -0.2) is 31.1 Å². The summed E-state index contributed by atoms with van der Waals surface area (Å²) in [5, 5.41) is 2.62. The molecule has 9 heteroatoms. The van der Waals surface area contributed by atoms with Crippen LogP contribution in [0.2, 0.25) is 5.02 Å². The molecule has 1 N–H and O–H groups in total. The number of carbonyl (C=O) groups is 3. The summed E-state index contributed by atoms with van der Waals surface area (Å²) in [5.41, 5.74) is 0.535. The highest BCUT2D eigenvalue weighted by atomic mass is 79.9. The van der Waals surface area contributed by atoms with Gasteiger partial charge in [0.05, 0.1) is 16.8 Å². The maximum atomic E-state index is 13.0. The molecular formula is C22H16BrClN2O5. The lowest BCUT2D eigenvalue weighted by Gasteiger charge is -2.26. The Labute approximate surface area is 192 Å². The number of carbonyl (C=O) groups excluding carboxylic acids is 3. The summed E-state index contributed by atoms with van der Waals surface area (Å²) in [6.07, 6.45) is 6.62. The third-order valence-corrected chi connectivity index (χ3v) is 4.97. The summed E-state index contributed by atoms with van der Waals surface area (Å²) < 4.78 is 11.6. The number of barbiturate groups is 1. The number of nitrogens with one attached hydrogen (secondary N) is 1. The number of anilines is 1. The van der Waals surface area contributed by atoms with Gasteiger partial charge in [-0.1, -0.05) is 17.5 Å². The lowest BCUT2D eigenvalue weighted by atomic mass is 10.1. The second-order valence-corrected chi connectivity index (χ2v) is 7.48. The monoisotopic (exact) mass is 502 g/mol. The van der Waals surface area contributed by atoms with E-state index in [4.69, 9.17) is 27.5 Å². The van der Waals surface area contributed by atoms with E-state index in [1.165, 1.54) is 30.3 Å². The number of halogens is 2. The van der Waals surface area contributed by atoms with Gasteiger partial charge in [-0.15, -0.1) is 6.42 Å². The molecular weight excluding hydrogens is 488 g/mol. The van der Waals surface area contributed by atoms with Crippen LogP contribution < -0.4 is 19.7 Å². The number of nitrogens with zero attached hydrogens (tertiary/aromatic N) is 1. The van der Waals surface area contributed by atoms with Gasteiger partial charge >= 0.3 is 6.03 Å². The van der Waals surface area contributed by atoms with Crippen LogP contribution in [0.15, 0.2) is 46.4 Å². The minimum Gasteiger partial charge on any atom is -0.490 e. The van der Waals surface area contributed by atoms with Crippen molar-refractivity contribution in [1.29, 1.82) is 0 Å². The molecule has 3 rings (SSSR count). The van der Waals surface area contributed by atoms with E-state index in [0.29, 0.717) is 33.2 Å². The molecule has 0 aliphatic carbocycles. The fourth-order valence-corrected chi connectivity index (χ4v) is 3.54. The molecule has 0 bridgehead atoms. The SMILES string of the molecule is C#CCOc1c(Br)cc(/C=C2\C(=O)NC(=O)N(c3ccc(Cl)cc3)C2=O)cc1OCC. The first kappa shape index (κ1) is 22.4. The average molecular weight is 504 g/mol. The molecule has 7 nitrogen and oxygen atoms in total. The van der Waals surface area contributed by atoms with Crippen molar-refractivity contribution in [2.75, 3.05) is 18.1 Å². The summed E-state index contributed by atoms with van der Waals surface area (Å²) in [5.74, 6) is 1.59. The molecule has 31 heavy (non-hydrogen) atoms. The van der Waals surface area contributed by atoms with Gasteiger partial charge in [0.2, 0.25) is 0 Å². The Bertz CT molecular complexity index is 1120. The molecule has 1 saturated heterocycles. The maximum Gasteiger partial charge on any atom is 0.335 e. The predicted molar refractivity (Wildman–Crippen MR) is 120 cm³/mol. The van der Waals surface area contributed by atoms with Gasteiger partial charge in [0.25, 0.3) is 11.8 Å². The van der Waals surface area contributed by atoms with Gasteiger partial charge in [-0.25, -0.2) is 9.69 Å². The molecule has 2 aromatic carbocycles. The maximum absolute atomic E-state index is 13.0. The van der Waals surface area contributed by atoms with E-state index in [1.807, 2.05) is 0 Å². The first-order chi connectivity index (χ1) is 14.8. The Balaban J connectivity index is 2.02. The molecule has 1 aliphatic rings. The Morgan fingerprint density at radius 3 is 2.55 bits per heavy atom. The van der Waals surface area contributed by atoms with Crippen molar-refractivity contribution in [3.63, 3.8) is 0 Å². The molecule has 0 unspecified atom stereocenters. The van der Waals surface area contributed by atoms with Gasteiger partial charge in [-0.3, -0.25) is 14.9 Å². The van der Waals surface area contributed by atoms with E-state index in [2.05, 4.69) is 27.2 Å². The minimum absolute atomic E-state index is 0.0398. The van der Waals surface area contributed by atoms with Crippen molar-refractivity contribution in [1.82, 2.24) is 5.32 Å². The highest BCUT2D eigenvalue weighted by molar-refractivity contribution is 9.10. The second kappa shape index (κ2) is 9.69. The lowest BCUT2D eigenvalue weighted by molar-refractivity contribution is -0.122. The first-order valence-electron chi connectivity index (χ1n) is 9.05. The quantitative estimate of drug-likeness (QED) is 0.363. The number of terminal acetylenes is 1. The van der Waals surface area contributed by atoms with Crippen LogP contribution in [0.3, 0.4) is 0 Å². The predicted octanol–water partition coefficient (Wildman–Crippen LogP) is 4.18. The van der Waals surface area contributed by atoms with Crippen molar-refractivity contribution in [3.8, 4) is 23.8 Å². The van der Waals surface area contributed by atoms with Crippen LogP contribution in [0.25, 0.3) is 6.08 Å². The topological polar surface area (TPSA) is 84.9 Å². The summed E-state index contributed by atoms with van der Waals surface area (Å²) in [4.78, 5) is 38.5. The molecule has 0 saturated carbocycles. The summed E-state index contributed by atoms with van der Waals surface area (Å²) in [7, 11) is 0. The van der Waals surface area contributed by atoms with Crippen molar-refractivity contribution in [2.45, 2.75) is 6.92 Å². The van der Waals surface area contributed by atoms with Crippen LogP contribution in [0, 0.1) is 12.3 Å². The van der Waals surface area contributed by atoms with Crippen LogP contribution in [0.4, 0.5) is 10.5 Å². The molecule has 1 aliphatic heterocycles. The van der Waals surface area contributed by atoms with E-state index in [-0.39, 0.29) is 17.9 Å². The number of hydrogen-bond acceptors (Lipinski definition) is 5. The highest BCUT2D eigenvalue weighted by Gasteiger charge is 2.36. The van der Waals surface area contributed by atoms with E-state index < -0.39 is 17.8 Å². The number of hydrogen-bond donors (Lipinski definition) is 1. The van der Waals surface area contributed by atoms with Gasteiger partial charge in [-0.2, -0.15) is 0 Å². The summed E-state index contributed by atoms with van der Waals surface area (Å²) in [6.45, 7) is 2.20. The third-order valence-electron chi connectivity index (χ3n) is 4.13. The lowest BCUT2D eigenvalue weighted by Crippen LogP contribution is -2.54.